The van der Waals surface area contributed by atoms with Crippen molar-refractivity contribution in [1.82, 2.24) is 4.90 Å². The maximum atomic E-state index is 12.5. The molecule has 0 bridgehead atoms. The van der Waals surface area contributed by atoms with Crippen LogP contribution in [0.4, 0.5) is 0 Å². The molecular weight excluding hydrogens is 308 g/mol. The molecular formula is C18H24N2O4. The van der Waals surface area contributed by atoms with E-state index in [4.69, 9.17) is 15.2 Å². The molecule has 1 saturated heterocycles. The van der Waals surface area contributed by atoms with E-state index in [-0.39, 0.29) is 23.8 Å². The summed E-state index contributed by atoms with van der Waals surface area (Å²) < 4.78 is 10.5. The molecule has 6 nitrogen and oxygen atoms in total. The zero-order chi connectivity index (χ0) is 17.7. The predicted octanol–water partition coefficient (Wildman–Crippen LogP) is 1.83. The van der Waals surface area contributed by atoms with Crippen molar-refractivity contribution in [3.05, 3.63) is 29.8 Å². The highest BCUT2D eigenvalue weighted by Crippen LogP contribution is 2.26. The van der Waals surface area contributed by atoms with Crippen molar-refractivity contribution < 1.29 is 19.1 Å². The first-order chi connectivity index (χ1) is 11.5. The van der Waals surface area contributed by atoms with Gasteiger partial charge in [0.15, 0.2) is 0 Å². The minimum absolute atomic E-state index is 0.0931. The van der Waals surface area contributed by atoms with Crippen LogP contribution in [0.2, 0.25) is 0 Å². The number of carbonyl (C=O) groups excluding carboxylic acids is 2. The topological polar surface area (TPSA) is 81.9 Å². The van der Waals surface area contributed by atoms with Crippen LogP contribution >= 0.6 is 0 Å². The second kappa shape index (κ2) is 7.86. The van der Waals surface area contributed by atoms with Crippen LogP contribution in [-0.4, -0.2) is 43.5 Å². The van der Waals surface area contributed by atoms with E-state index in [0.29, 0.717) is 18.0 Å². The SMILES string of the molecule is COc1ccc(/C=C/C(=O)N2C[C@H](C(N)=O)CC[C@H]2C)c(OC)c1. The van der Waals surface area contributed by atoms with E-state index in [1.807, 2.05) is 13.0 Å². The molecule has 0 aromatic heterocycles. The lowest BCUT2D eigenvalue weighted by atomic mass is 9.93. The molecule has 2 rings (SSSR count). The van der Waals surface area contributed by atoms with Gasteiger partial charge in [-0.25, -0.2) is 0 Å². The second-order valence-electron chi connectivity index (χ2n) is 5.96. The quantitative estimate of drug-likeness (QED) is 0.834. The standard InChI is InChI=1S/C18H24N2O4/c1-12-4-5-14(18(19)22)11-20(12)17(21)9-7-13-6-8-15(23-2)10-16(13)24-3/h6-10,12,14H,4-5,11H2,1-3H3,(H2,19,22)/b9-7+/t12-,14-/m1/s1. The van der Waals surface area contributed by atoms with Crippen molar-refractivity contribution in [1.29, 1.82) is 0 Å². The molecule has 0 aliphatic carbocycles. The third kappa shape index (κ3) is 4.07. The van der Waals surface area contributed by atoms with E-state index in [0.717, 1.165) is 18.4 Å². The summed E-state index contributed by atoms with van der Waals surface area (Å²) in [4.78, 5) is 25.6. The van der Waals surface area contributed by atoms with E-state index in [9.17, 15) is 9.59 Å². The van der Waals surface area contributed by atoms with E-state index in [1.165, 1.54) is 6.08 Å². The van der Waals surface area contributed by atoms with Crippen molar-refractivity contribution in [3.8, 4) is 11.5 Å². The van der Waals surface area contributed by atoms with E-state index < -0.39 is 0 Å². The summed E-state index contributed by atoms with van der Waals surface area (Å²) in [5.41, 5.74) is 6.16. The van der Waals surface area contributed by atoms with Gasteiger partial charge < -0.3 is 20.1 Å². The number of hydrogen-bond acceptors (Lipinski definition) is 4. The molecule has 6 heteroatoms. The number of likely N-dealkylation sites (tertiary alicyclic amines) is 1. The van der Waals surface area contributed by atoms with Gasteiger partial charge in [0.2, 0.25) is 11.8 Å². The van der Waals surface area contributed by atoms with Crippen LogP contribution in [0.3, 0.4) is 0 Å². The lowest BCUT2D eigenvalue weighted by molar-refractivity contribution is -0.133. The molecule has 1 aromatic rings. The number of ether oxygens (including phenoxy) is 2. The van der Waals surface area contributed by atoms with Gasteiger partial charge in [0.1, 0.15) is 11.5 Å². The van der Waals surface area contributed by atoms with E-state index in [1.54, 1.807) is 37.3 Å². The minimum atomic E-state index is -0.347. The fourth-order valence-corrected chi connectivity index (χ4v) is 2.86. The fraction of sp³-hybridized carbons (Fsp3) is 0.444. The number of nitrogens with zero attached hydrogens (tertiary/aromatic N) is 1. The summed E-state index contributed by atoms with van der Waals surface area (Å²) in [7, 11) is 3.15. The van der Waals surface area contributed by atoms with Crippen LogP contribution in [0, 0.1) is 5.92 Å². The smallest absolute Gasteiger partial charge is 0.246 e. The van der Waals surface area contributed by atoms with Gasteiger partial charge in [-0.15, -0.1) is 0 Å². The number of amides is 2. The number of primary amides is 1. The monoisotopic (exact) mass is 332 g/mol. The Balaban J connectivity index is 2.13. The third-order valence-corrected chi connectivity index (χ3v) is 4.41. The molecule has 1 aliphatic rings. The number of benzene rings is 1. The molecule has 0 unspecified atom stereocenters. The molecule has 24 heavy (non-hydrogen) atoms. The van der Waals surface area contributed by atoms with Crippen LogP contribution in [0.5, 0.6) is 11.5 Å². The van der Waals surface area contributed by atoms with Gasteiger partial charge in [-0.05, 0) is 38.0 Å². The van der Waals surface area contributed by atoms with Gasteiger partial charge in [-0.1, -0.05) is 0 Å². The van der Waals surface area contributed by atoms with Crippen LogP contribution in [0.1, 0.15) is 25.3 Å². The largest absolute Gasteiger partial charge is 0.497 e. The minimum Gasteiger partial charge on any atom is -0.497 e. The Bertz CT molecular complexity index is 642. The number of carbonyl (C=O) groups is 2. The predicted molar refractivity (Wildman–Crippen MR) is 91.7 cm³/mol. The zero-order valence-corrected chi connectivity index (χ0v) is 14.3. The molecule has 1 aromatic carbocycles. The maximum absolute atomic E-state index is 12.5. The van der Waals surface area contributed by atoms with Crippen molar-refractivity contribution in [2.75, 3.05) is 20.8 Å². The van der Waals surface area contributed by atoms with Crippen LogP contribution in [-0.2, 0) is 9.59 Å². The van der Waals surface area contributed by atoms with Crippen LogP contribution in [0.25, 0.3) is 6.08 Å². The van der Waals surface area contributed by atoms with Gasteiger partial charge in [-0.3, -0.25) is 9.59 Å². The van der Waals surface area contributed by atoms with Crippen LogP contribution < -0.4 is 15.2 Å². The number of hydrogen-bond donors (Lipinski definition) is 1. The molecule has 1 aliphatic heterocycles. The third-order valence-electron chi connectivity index (χ3n) is 4.41. The van der Waals surface area contributed by atoms with Crippen molar-refractivity contribution in [2.24, 2.45) is 11.7 Å². The summed E-state index contributed by atoms with van der Waals surface area (Å²) in [6, 6.07) is 5.49. The molecule has 0 saturated carbocycles. The van der Waals surface area contributed by atoms with Crippen molar-refractivity contribution in [2.45, 2.75) is 25.8 Å². The van der Waals surface area contributed by atoms with Crippen molar-refractivity contribution in [3.63, 3.8) is 0 Å². The van der Waals surface area contributed by atoms with Gasteiger partial charge in [-0.2, -0.15) is 0 Å². The lowest BCUT2D eigenvalue weighted by Crippen LogP contribution is -2.48. The van der Waals surface area contributed by atoms with E-state index in [2.05, 4.69) is 0 Å². The Morgan fingerprint density at radius 1 is 1.25 bits per heavy atom. The van der Waals surface area contributed by atoms with Crippen LogP contribution in [0.15, 0.2) is 24.3 Å². The first-order valence-electron chi connectivity index (χ1n) is 7.96. The highest BCUT2D eigenvalue weighted by atomic mass is 16.5. The first kappa shape index (κ1) is 17.8. The Morgan fingerprint density at radius 2 is 2.00 bits per heavy atom. The van der Waals surface area contributed by atoms with E-state index >= 15 is 0 Å². The number of piperidine rings is 1. The second-order valence-corrected chi connectivity index (χ2v) is 5.96. The average Bonchev–Trinajstić information content (AvgIpc) is 2.59. The Hall–Kier alpha value is -2.50. The molecule has 0 radical (unpaired) electrons. The summed E-state index contributed by atoms with van der Waals surface area (Å²) in [5.74, 6) is 0.560. The first-order valence-corrected chi connectivity index (χ1v) is 7.96. The Labute approximate surface area is 142 Å². The Kier molecular flexibility index (Phi) is 5.84. The van der Waals surface area contributed by atoms with Gasteiger partial charge in [0, 0.05) is 30.3 Å². The molecule has 0 spiro atoms. The normalized spacial score (nSPS) is 20.9. The summed E-state index contributed by atoms with van der Waals surface area (Å²) in [5, 5.41) is 0. The van der Waals surface area contributed by atoms with Crippen molar-refractivity contribution >= 4 is 17.9 Å². The molecule has 1 fully saturated rings. The number of rotatable bonds is 5. The highest BCUT2D eigenvalue weighted by Gasteiger charge is 2.30. The molecule has 2 atom stereocenters. The Morgan fingerprint density at radius 3 is 2.62 bits per heavy atom. The fourth-order valence-electron chi connectivity index (χ4n) is 2.86. The van der Waals surface area contributed by atoms with Gasteiger partial charge >= 0.3 is 0 Å². The average molecular weight is 332 g/mol. The molecule has 1 heterocycles. The van der Waals surface area contributed by atoms with Gasteiger partial charge in [0.05, 0.1) is 20.1 Å². The summed E-state index contributed by atoms with van der Waals surface area (Å²) in [6.45, 7) is 2.36. The molecule has 130 valence electrons. The number of nitrogens with two attached hydrogens (primary N) is 1. The lowest BCUT2D eigenvalue weighted by Gasteiger charge is -2.36. The molecule has 2 amide bonds. The number of methoxy groups -OCH3 is 2. The molecule has 2 N–H and O–H groups in total. The zero-order valence-electron chi connectivity index (χ0n) is 14.3. The van der Waals surface area contributed by atoms with Gasteiger partial charge in [0.25, 0.3) is 0 Å². The summed E-state index contributed by atoms with van der Waals surface area (Å²) >= 11 is 0. The highest BCUT2D eigenvalue weighted by molar-refractivity contribution is 5.93. The maximum Gasteiger partial charge on any atom is 0.246 e. The summed E-state index contributed by atoms with van der Waals surface area (Å²) in [6.07, 6.45) is 4.72.